The maximum atomic E-state index is 11.4. The minimum Gasteiger partial charge on any atom is -0.369 e. The van der Waals surface area contributed by atoms with Gasteiger partial charge in [0, 0.05) is 17.7 Å². The number of nitrogens with two attached hydrogens (primary N) is 1. The molecule has 18 heavy (non-hydrogen) atoms. The maximum absolute atomic E-state index is 11.4. The van der Waals surface area contributed by atoms with Gasteiger partial charge in [-0.1, -0.05) is 23.8 Å². The molecule has 1 amide bonds. The number of nitrogens with zero attached hydrogens (tertiary/aromatic N) is 2. The number of anilines is 1. The largest absolute Gasteiger partial charge is 0.369 e. The van der Waals surface area contributed by atoms with Gasteiger partial charge in [0.05, 0.1) is 5.69 Å². The zero-order chi connectivity index (χ0) is 12.7. The predicted molar refractivity (Wildman–Crippen MR) is 69.6 cm³/mol. The van der Waals surface area contributed by atoms with Crippen LogP contribution in [0.15, 0.2) is 24.3 Å². The van der Waals surface area contributed by atoms with Crippen molar-refractivity contribution < 1.29 is 4.79 Å². The molecule has 2 heterocycles. The van der Waals surface area contributed by atoms with Crippen molar-refractivity contribution in [1.29, 1.82) is 0 Å². The van der Waals surface area contributed by atoms with Gasteiger partial charge in [-0.2, -0.15) is 9.78 Å². The zero-order valence-electron chi connectivity index (χ0n) is 10.1. The van der Waals surface area contributed by atoms with E-state index in [1.807, 2.05) is 25.1 Å². The number of hydrogen-bond donors (Lipinski definition) is 2. The quantitative estimate of drug-likeness (QED) is 0.800. The third-order valence-corrected chi connectivity index (χ3v) is 3.15. The van der Waals surface area contributed by atoms with E-state index in [2.05, 4.69) is 16.5 Å². The lowest BCUT2D eigenvalue weighted by Gasteiger charge is -2.01. The number of nitrogens with one attached hydrogen (secondary N) is 1. The Morgan fingerprint density at radius 1 is 1.50 bits per heavy atom. The highest BCUT2D eigenvalue weighted by molar-refractivity contribution is 5.83. The highest BCUT2D eigenvalue weighted by Crippen LogP contribution is 2.32. The van der Waals surface area contributed by atoms with Crippen molar-refractivity contribution in [1.82, 2.24) is 9.78 Å². The van der Waals surface area contributed by atoms with Crippen LogP contribution in [0.2, 0.25) is 0 Å². The number of amides is 1. The Labute approximate surface area is 105 Å². The molecule has 3 N–H and O–H groups in total. The molecule has 0 saturated heterocycles. The van der Waals surface area contributed by atoms with Crippen LogP contribution >= 0.6 is 0 Å². The summed E-state index contributed by atoms with van der Waals surface area (Å²) in [5.74, 6) is 0.735. The number of aryl methyl sites for hydroxylation is 1. The van der Waals surface area contributed by atoms with Crippen molar-refractivity contribution in [2.75, 3.05) is 11.9 Å². The van der Waals surface area contributed by atoms with E-state index in [9.17, 15) is 4.79 Å². The normalized spacial score (nSPS) is 13.2. The monoisotopic (exact) mass is 242 g/mol. The van der Waals surface area contributed by atoms with Crippen LogP contribution in [0.3, 0.4) is 0 Å². The van der Waals surface area contributed by atoms with E-state index in [-0.39, 0.29) is 0 Å². The molecular weight excluding hydrogens is 228 g/mol. The lowest BCUT2D eigenvalue weighted by atomic mass is 10.0. The Bertz CT molecular complexity index is 630. The molecule has 1 aromatic heterocycles. The van der Waals surface area contributed by atoms with Gasteiger partial charge in [-0.25, -0.2) is 4.79 Å². The molecule has 1 aliphatic rings. The van der Waals surface area contributed by atoms with E-state index in [0.29, 0.717) is 0 Å². The first kappa shape index (κ1) is 10.8. The Morgan fingerprint density at radius 3 is 3.06 bits per heavy atom. The molecule has 92 valence electrons. The molecule has 0 aliphatic carbocycles. The lowest BCUT2D eigenvalue weighted by Crippen LogP contribution is -2.22. The summed E-state index contributed by atoms with van der Waals surface area (Å²) in [5, 5.41) is 7.48. The number of fused-ring (bicyclic) bond motifs is 1. The molecule has 0 bridgehead atoms. The fourth-order valence-corrected chi connectivity index (χ4v) is 2.36. The number of benzene rings is 1. The average molecular weight is 242 g/mol. The van der Waals surface area contributed by atoms with Gasteiger partial charge >= 0.3 is 6.03 Å². The number of primary amides is 1. The second-order valence-corrected chi connectivity index (χ2v) is 4.47. The summed E-state index contributed by atoms with van der Waals surface area (Å²) in [5.41, 5.74) is 9.43. The van der Waals surface area contributed by atoms with E-state index in [1.54, 1.807) is 0 Å². The van der Waals surface area contributed by atoms with E-state index >= 15 is 0 Å². The Kier molecular flexibility index (Phi) is 2.33. The molecular formula is C13H14N4O. The lowest BCUT2D eigenvalue weighted by molar-refractivity contribution is 0.248. The Hall–Kier alpha value is -2.30. The Balaban J connectivity index is 2.19. The van der Waals surface area contributed by atoms with Crippen LogP contribution in [0.5, 0.6) is 0 Å². The first-order valence-corrected chi connectivity index (χ1v) is 5.89. The fourth-order valence-electron chi connectivity index (χ4n) is 2.36. The van der Waals surface area contributed by atoms with Crippen molar-refractivity contribution in [3.05, 3.63) is 35.4 Å². The third-order valence-electron chi connectivity index (χ3n) is 3.15. The van der Waals surface area contributed by atoms with Gasteiger partial charge in [0.15, 0.2) is 0 Å². The van der Waals surface area contributed by atoms with E-state index in [0.717, 1.165) is 35.6 Å². The summed E-state index contributed by atoms with van der Waals surface area (Å²) in [6.07, 6.45) is 0.867. The second-order valence-electron chi connectivity index (χ2n) is 4.47. The molecule has 0 atom stereocenters. The minimum atomic E-state index is -0.556. The molecule has 5 heteroatoms. The highest BCUT2D eigenvalue weighted by atomic mass is 16.2. The fraction of sp³-hybridized carbons (Fsp3) is 0.231. The van der Waals surface area contributed by atoms with E-state index in [4.69, 9.17) is 5.73 Å². The van der Waals surface area contributed by atoms with Gasteiger partial charge in [-0.15, -0.1) is 0 Å². The summed E-state index contributed by atoms with van der Waals surface area (Å²) in [7, 11) is 0. The SMILES string of the molecule is Cc1cccc(-c2nn(C(N)=O)c3c2CCN3)c1. The molecule has 0 spiro atoms. The summed E-state index contributed by atoms with van der Waals surface area (Å²) in [6, 6.07) is 7.53. The molecule has 0 radical (unpaired) electrons. The predicted octanol–water partition coefficient (Wildman–Crippen LogP) is 1.75. The molecule has 1 aliphatic heterocycles. The van der Waals surface area contributed by atoms with Crippen molar-refractivity contribution in [3.8, 4) is 11.3 Å². The molecule has 0 saturated carbocycles. The summed E-state index contributed by atoms with van der Waals surface area (Å²) >= 11 is 0. The second kappa shape index (κ2) is 3.87. The maximum Gasteiger partial charge on any atom is 0.341 e. The number of hydrogen-bond acceptors (Lipinski definition) is 3. The van der Waals surface area contributed by atoms with Gasteiger partial charge in [0.25, 0.3) is 0 Å². The molecule has 2 aromatic rings. The van der Waals surface area contributed by atoms with Gasteiger partial charge in [0.2, 0.25) is 0 Å². The van der Waals surface area contributed by atoms with Crippen LogP contribution in [-0.2, 0) is 6.42 Å². The number of carbonyl (C=O) groups is 1. The van der Waals surface area contributed by atoms with Crippen molar-refractivity contribution in [3.63, 3.8) is 0 Å². The topological polar surface area (TPSA) is 72.9 Å². The van der Waals surface area contributed by atoms with Crippen LogP contribution in [-0.4, -0.2) is 22.4 Å². The summed E-state index contributed by atoms with van der Waals surface area (Å²) in [4.78, 5) is 11.4. The number of rotatable bonds is 1. The van der Waals surface area contributed by atoms with Crippen molar-refractivity contribution in [2.45, 2.75) is 13.3 Å². The highest BCUT2D eigenvalue weighted by Gasteiger charge is 2.24. The first-order valence-electron chi connectivity index (χ1n) is 5.89. The van der Waals surface area contributed by atoms with E-state index in [1.165, 1.54) is 10.2 Å². The summed E-state index contributed by atoms with van der Waals surface area (Å²) < 4.78 is 1.25. The van der Waals surface area contributed by atoms with Gasteiger partial charge in [-0.3, -0.25) is 0 Å². The zero-order valence-corrected chi connectivity index (χ0v) is 10.1. The van der Waals surface area contributed by atoms with Crippen LogP contribution in [0.25, 0.3) is 11.3 Å². The van der Waals surface area contributed by atoms with Crippen LogP contribution in [0, 0.1) is 6.92 Å². The van der Waals surface area contributed by atoms with Crippen LogP contribution in [0.4, 0.5) is 10.6 Å². The van der Waals surface area contributed by atoms with Gasteiger partial charge < -0.3 is 11.1 Å². The first-order chi connectivity index (χ1) is 8.66. The standard InChI is InChI=1S/C13H14N4O/c1-8-3-2-4-9(7-8)11-10-5-6-15-12(10)17(16-11)13(14)18/h2-4,7,15H,5-6H2,1H3,(H2,14,18). The number of carbonyl (C=O) groups excluding carboxylic acids is 1. The summed E-state index contributed by atoms with van der Waals surface area (Å²) in [6.45, 7) is 2.85. The Morgan fingerprint density at radius 2 is 2.33 bits per heavy atom. The number of aromatic nitrogens is 2. The van der Waals surface area contributed by atoms with Gasteiger partial charge in [0.1, 0.15) is 5.82 Å². The molecule has 3 rings (SSSR count). The van der Waals surface area contributed by atoms with Crippen molar-refractivity contribution in [2.24, 2.45) is 5.73 Å². The molecule has 1 aromatic carbocycles. The molecule has 0 unspecified atom stereocenters. The molecule has 5 nitrogen and oxygen atoms in total. The minimum absolute atomic E-state index is 0.556. The smallest absolute Gasteiger partial charge is 0.341 e. The molecule has 0 fully saturated rings. The van der Waals surface area contributed by atoms with Crippen LogP contribution in [0.1, 0.15) is 11.1 Å². The van der Waals surface area contributed by atoms with Crippen molar-refractivity contribution >= 4 is 11.8 Å². The average Bonchev–Trinajstić information content (AvgIpc) is 2.88. The van der Waals surface area contributed by atoms with Crippen LogP contribution < -0.4 is 11.1 Å². The van der Waals surface area contributed by atoms with Gasteiger partial charge in [-0.05, 0) is 19.4 Å². The third kappa shape index (κ3) is 1.55. The van der Waals surface area contributed by atoms with E-state index < -0.39 is 6.03 Å².